The van der Waals surface area contributed by atoms with Crippen LogP contribution in [0, 0.1) is 5.41 Å². The van der Waals surface area contributed by atoms with Gasteiger partial charge in [0.2, 0.25) is 5.91 Å². The van der Waals surface area contributed by atoms with Crippen molar-refractivity contribution in [3.8, 4) is 0 Å². The highest BCUT2D eigenvalue weighted by Crippen LogP contribution is 2.42. The Balaban J connectivity index is 2.01. The Morgan fingerprint density at radius 1 is 1.40 bits per heavy atom. The van der Waals surface area contributed by atoms with Crippen LogP contribution in [-0.4, -0.2) is 23.9 Å². The van der Waals surface area contributed by atoms with Crippen molar-refractivity contribution in [2.45, 2.75) is 26.2 Å². The third kappa shape index (κ3) is 0.746. The minimum absolute atomic E-state index is 0.0521. The SMILES string of the molecule is CC1(C(=O)N2CC2)CCC1. The van der Waals surface area contributed by atoms with Gasteiger partial charge >= 0.3 is 0 Å². The van der Waals surface area contributed by atoms with E-state index in [2.05, 4.69) is 6.92 Å². The van der Waals surface area contributed by atoms with E-state index in [0.29, 0.717) is 5.91 Å². The minimum Gasteiger partial charge on any atom is -0.339 e. The van der Waals surface area contributed by atoms with Crippen LogP contribution in [0.15, 0.2) is 0 Å². The Morgan fingerprint density at radius 2 is 2.00 bits per heavy atom. The van der Waals surface area contributed by atoms with Gasteiger partial charge in [-0.1, -0.05) is 13.3 Å². The molecule has 0 aromatic carbocycles. The lowest BCUT2D eigenvalue weighted by Gasteiger charge is -2.36. The summed E-state index contributed by atoms with van der Waals surface area (Å²) in [7, 11) is 0. The quantitative estimate of drug-likeness (QED) is 0.496. The second-order valence-electron chi connectivity index (χ2n) is 3.71. The fourth-order valence-electron chi connectivity index (χ4n) is 1.56. The summed E-state index contributed by atoms with van der Waals surface area (Å²) in [5.41, 5.74) is 0.0521. The molecule has 1 saturated carbocycles. The first-order chi connectivity index (χ1) is 4.72. The van der Waals surface area contributed by atoms with Crippen molar-refractivity contribution < 1.29 is 4.79 Å². The molecule has 1 aliphatic heterocycles. The summed E-state index contributed by atoms with van der Waals surface area (Å²) < 4.78 is 0. The van der Waals surface area contributed by atoms with Gasteiger partial charge in [-0.2, -0.15) is 0 Å². The molecule has 56 valence electrons. The van der Waals surface area contributed by atoms with Crippen molar-refractivity contribution in [3.05, 3.63) is 0 Å². The predicted molar refractivity (Wildman–Crippen MR) is 38.5 cm³/mol. The average Bonchev–Trinajstić information content (AvgIpc) is 2.62. The lowest BCUT2D eigenvalue weighted by Crippen LogP contribution is -2.38. The molecule has 0 radical (unpaired) electrons. The Labute approximate surface area is 61.2 Å². The highest BCUT2D eigenvalue weighted by Gasteiger charge is 2.44. The van der Waals surface area contributed by atoms with Crippen LogP contribution < -0.4 is 0 Å². The van der Waals surface area contributed by atoms with Crippen LogP contribution in [0.2, 0.25) is 0 Å². The fraction of sp³-hybridized carbons (Fsp3) is 0.875. The molecular formula is C8H13NO. The first kappa shape index (κ1) is 6.20. The average molecular weight is 139 g/mol. The van der Waals surface area contributed by atoms with Crippen LogP contribution >= 0.6 is 0 Å². The van der Waals surface area contributed by atoms with Crippen LogP contribution in [0.25, 0.3) is 0 Å². The van der Waals surface area contributed by atoms with Crippen LogP contribution in [-0.2, 0) is 4.79 Å². The van der Waals surface area contributed by atoms with Gasteiger partial charge in [-0.15, -0.1) is 0 Å². The molecule has 2 rings (SSSR count). The fourth-order valence-corrected chi connectivity index (χ4v) is 1.56. The van der Waals surface area contributed by atoms with Crippen LogP contribution in [0.1, 0.15) is 26.2 Å². The van der Waals surface area contributed by atoms with E-state index in [1.54, 1.807) is 0 Å². The van der Waals surface area contributed by atoms with E-state index in [4.69, 9.17) is 0 Å². The normalized spacial score (nSPS) is 27.5. The summed E-state index contributed by atoms with van der Waals surface area (Å²) in [6, 6.07) is 0. The molecule has 2 fully saturated rings. The van der Waals surface area contributed by atoms with Gasteiger partial charge in [0.1, 0.15) is 0 Å². The maximum absolute atomic E-state index is 11.4. The first-order valence-electron chi connectivity index (χ1n) is 4.02. The molecule has 10 heavy (non-hydrogen) atoms. The van der Waals surface area contributed by atoms with Gasteiger partial charge in [0.05, 0.1) is 0 Å². The number of nitrogens with zero attached hydrogens (tertiary/aromatic N) is 1. The number of hydrogen-bond acceptors (Lipinski definition) is 1. The molecule has 0 spiro atoms. The molecule has 0 aromatic heterocycles. The summed E-state index contributed by atoms with van der Waals surface area (Å²) in [4.78, 5) is 13.4. The van der Waals surface area contributed by atoms with Crippen LogP contribution in [0.3, 0.4) is 0 Å². The molecule has 2 heteroatoms. The molecule has 2 aliphatic rings. The van der Waals surface area contributed by atoms with Crippen molar-refractivity contribution in [3.63, 3.8) is 0 Å². The molecule has 2 nitrogen and oxygen atoms in total. The number of hydrogen-bond donors (Lipinski definition) is 0. The van der Waals surface area contributed by atoms with Gasteiger partial charge in [-0.05, 0) is 12.8 Å². The highest BCUT2D eigenvalue weighted by molar-refractivity contribution is 5.84. The number of rotatable bonds is 1. The van der Waals surface area contributed by atoms with Gasteiger partial charge in [-0.3, -0.25) is 4.79 Å². The standard InChI is InChI=1S/C8H13NO/c1-8(3-2-4-8)7(10)9-5-6-9/h2-6H2,1H3. The number of carbonyl (C=O) groups is 1. The third-order valence-corrected chi connectivity index (χ3v) is 2.71. The maximum atomic E-state index is 11.4. The van der Waals surface area contributed by atoms with E-state index in [1.165, 1.54) is 6.42 Å². The Hall–Kier alpha value is -0.530. The summed E-state index contributed by atoms with van der Waals surface area (Å²) in [6.07, 6.45) is 3.47. The topological polar surface area (TPSA) is 20.1 Å². The maximum Gasteiger partial charge on any atom is 0.228 e. The van der Waals surface area contributed by atoms with Gasteiger partial charge in [0.25, 0.3) is 0 Å². The zero-order valence-corrected chi connectivity index (χ0v) is 6.39. The minimum atomic E-state index is 0.0521. The van der Waals surface area contributed by atoms with E-state index in [9.17, 15) is 4.79 Å². The van der Waals surface area contributed by atoms with Crippen LogP contribution in [0.4, 0.5) is 0 Å². The molecule has 1 amide bonds. The molecule has 0 atom stereocenters. The lowest BCUT2D eigenvalue weighted by molar-refractivity contribution is -0.139. The molecule has 1 aliphatic carbocycles. The summed E-state index contributed by atoms with van der Waals surface area (Å²) >= 11 is 0. The first-order valence-corrected chi connectivity index (χ1v) is 4.02. The third-order valence-electron chi connectivity index (χ3n) is 2.71. The lowest BCUT2D eigenvalue weighted by atomic mass is 9.70. The predicted octanol–water partition coefficient (Wildman–Crippen LogP) is 1.02. The van der Waals surface area contributed by atoms with Crippen LogP contribution in [0.5, 0.6) is 0 Å². The van der Waals surface area contributed by atoms with Crippen molar-refractivity contribution in [1.29, 1.82) is 0 Å². The van der Waals surface area contributed by atoms with Gasteiger partial charge in [0, 0.05) is 18.5 Å². The second-order valence-corrected chi connectivity index (χ2v) is 3.71. The van der Waals surface area contributed by atoms with Crippen molar-refractivity contribution >= 4 is 5.91 Å². The molecule has 0 aromatic rings. The molecule has 1 saturated heterocycles. The summed E-state index contributed by atoms with van der Waals surface area (Å²) in [5, 5.41) is 0. The van der Waals surface area contributed by atoms with Crippen molar-refractivity contribution in [1.82, 2.24) is 4.90 Å². The Morgan fingerprint density at radius 3 is 2.30 bits per heavy atom. The largest absolute Gasteiger partial charge is 0.339 e. The van der Waals surface area contributed by atoms with Gasteiger partial charge < -0.3 is 4.90 Å². The Bertz CT molecular complexity index is 168. The summed E-state index contributed by atoms with van der Waals surface area (Å²) in [6.45, 7) is 4.11. The Kier molecular flexibility index (Phi) is 1.08. The monoisotopic (exact) mass is 139 g/mol. The zero-order chi connectivity index (χ0) is 7.19. The van der Waals surface area contributed by atoms with E-state index in [-0.39, 0.29) is 5.41 Å². The van der Waals surface area contributed by atoms with Crippen molar-refractivity contribution in [2.75, 3.05) is 13.1 Å². The van der Waals surface area contributed by atoms with E-state index in [0.717, 1.165) is 25.9 Å². The molecule has 0 bridgehead atoms. The van der Waals surface area contributed by atoms with E-state index >= 15 is 0 Å². The van der Waals surface area contributed by atoms with Gasteiger partial charge in [-0.25, -0.2) is 0 Å². The molecule has 1 heterocycles. The molecule has 0 unspecified atom stereocenters. The second kappa shape index (κ2) is 1.74. The highest BCUT2D eigenvalue weighted by atomic mass is 16.2. The smallest absolute Gasteiger partial charge is 0.228 e. The van der Waals surface area contributed by atoms with E-state index in [1.807, 2.05) is 4.90 Å². The zero-order valence-electron chi connectivity index (χ0n) is 6.39. The number of amides is 1. The van der Waals surface area contributed by atoms with Gasteiger partial charge in [0.15, 0.2) is 0 Å². The molecular weight excluding hydrogens is 126 g/mol. The number of carbonyl (C=O) groups excluding carboxylic acids is 1. The summed E-state index contributed by atoms with van der Waals surface area (Å²) in [5.74, 6) is 0.402. The molecule has 0 N–H and O–H groups in total. The van der Waals surface area contributed by atoms with Crippen molar-refractivity contribution in [2.24, 2.45) is 5.41 Å². The van der Waals surface area contributed by atoms with E-state index < -0.39 is 0 Å².